The fourth-order valence-electron chi connectivity index (χ4n) is 4.60. The fraction of sp³-hybridized carbons (Fsp3) is 0.480. The molecule has 5 nitrogen and oxygen atoms in total. The van der Waals surface area contributed by atoms with Crippen LogP contribution in [-0.2, 0) is 4.79 Å². The Balaban J connectivity index is 1.17. The van der Waals surface area contributed by atoms with Crippen molar-refractivity contribution >= 4 is 52.2 Å². The van der Waals surface area contributed by atoms with Crippen LogP contribution >= 0.6 is 35.0 Å². The monoisotopic (exact) mass is 560 g/mol. The van der Waals surface area contributed by atoms with Gasteiger partial charge in [-0.25, -0.2) is 0 Å². The van der Waals surface area contributed by atoms with Crippen LogP contribution in [0.15, 0.2) is 47.4 Å². The summed E-state index contributed by atoms with van der Waals surface area (Å²) in [5.41, 5.74) is -2.62. The number of anilines is 2. The van der Waals surface area contributed by atoms with E-state index in [0.29, 0.717) is 25.2 Å². The molecule has 2 aliphatic heterocycles. The summed E-state index contributed by atoms with van der Waals surface area (Å²) in [5, 5.41) is 4.11. The topological polar surface area (TPSA) is 38.8 Å². The summed E-state index contributed by atoms with van der Waals surface area (Å²) in [5.74, 6) is 0.156. The molecule has 1 N–H and O–H groups in total. The van der Waals surface area contributed by atoms with Crippen molar-refractivity contribution in [1.82, 2.24) is 9.80 Å². The van der Waals surface area contributed by atoms with Gasteiger partial charge in [-0.3, -0.25) is 9.69 Å². The van der Waals surface area contributed by atoms with Crippen LogP contribution in [-0.4, -0.2) is 73.1 Å². The van der Waals surface area contributed by atoms with Gasteiger partial charge in [0, 0.05) is 79.6 Å². The zero-order chi connectivity index (χ0) is 25.7. The maximum Gasteiger partial charge on any atom is 0.446 e. The van der Waals surface area contributed by atoms with E-state index in [1.807, 2.05) is 29.2 Å². The molecule has 2 saturated heterocycles. The minimum Gasteiger partial charge on any atom is -0.382 e. The lowest BCUT2D eigenvalue weighted by Crippen LogP contribution is -2.48. The first-order chi connectivity index (χ1) is 17.2. The lowest BCUT2D eigenvalue weighted by atomic mass is 10.0. The number of nitrogens with one attached hydrogen (secondary N) is 1. The molecule has 0 bridgehead atoms. The molecule has 0 unspecified atom stereocenters. The Morgan fingerprint density at radius 1 is 0.972 bits per heavy atom. The third-order valence-corrected chi connectivity index (χ3v) is 8.06. The Kier molecular flexibility index (Phi) is 9.19. The van der Waals surface area contributed by atoms with Crippen molar-refractivity contribution in [3.05, 3.63) is 52.5 Å². The molecular weight excluding hydrogens is 532 g/mol. The molecule has 0 radical (unpaired) electrons. The quantitative estimate of drug-likeness (QED) is 0.407. The number of hydrogen-bond donors (Lipinski definition) is 1. The predicted molar refractivity (Wildman–Crippen MR) is 141 cm³/mol. The number of thioether (sulfide) groups is 1. The predicted octanol–water partition coefficient (Wildman–Crippen LogP) is 6.22. The highest BCUT2D eigenvalue weighted by Gasteiger charge is 2.31. The van der Waals surface area contributed by atoms with Crippen LogP contribution in [0.2, 0.25) is 10.0 Å². The molecule has 2 fully saturated rings. The van der Waals surface area contributed by atoms with Crippen molar-refractivity contribution in [3.63, 3.8) is 0 Å². The van der Waals surface area contributed by atoms with Crippen molar-refractivity contribution < 1.29 is 18.0 Å². The van der Waals surface area contributed by atoms with Crippen molar-refractivity contribution in [3.8, 4) is 0 Å². The van der Waals surface area contributed by atoms with Gasteiger partial charge in [0.05, 0.1) is 5.02 Å². The summed E-state index contributed by atoms with van der Waals surface area (Å²) in [7, 11) is 0. The number of benzene rings is 2. The number of piperazine rings is 1. The molecule has 36 heavy (non-hydrogen) atoms. The second-order valence-corrected chi connectivity index (χ2v) is 11.0. The van der Waals surface area contributed by atoms with Crippen molar-refractivity contribution in [2.24, 2.45) is 0 Å². The normalized spacial score (nSPS) is 17.9. The first-order valence-corrected chi connectivity index (χ1v) is 13.6. The first-order valence-electron chi connectivity index (χ1n) is 12.0. The van der Waals surface area contributed by atoms with Gasteiger partial charge in [0.1, 0.15) is 0 Å². The van der Waals surface area contributed by atoms with E-state index in [0.717, 1.165) is 50.6 Å². The summed E-state index contributed by atoms with van der Waals surface area (Å²) >= 11 is 11.7. The summed E-state index contributed by atoms with van der Waals surface area (Å²) in [6, 6.07) is 12.6. The number of halogens is 5. The van der Waals surface area contributed by atoms with Crippen LogP contribution in [0.1, 0.15) is 19.3 Å². The van der Waals surface area contributed by atoms with Crippen molar-refractivity contribution in [1.29, 1.82) is 0 Å². The molecule has 2 heterocycles. The lowest BCUT2D eigenvalue weighted by molar-refractivity contribution is -0.132. The first kappa shape index (κ1) is 27.2. The summed E-state index contributed by atoms with van der Waals surface area (Å²) in [6.45, 7) is 5.68. The Bertz CT molecular complexity index is 1020. The molecule has 1 amide bonds. The molecule has 4 rings (SSSR count). The molecule has 0 spiro atoms. The van der Waals surface area contributed by atoms with Gasteiger partial charge in [-0.15, -0.1) is 0 Å². The summed E-state index contributed by atoms with van der Waals surface area (Å²) in [4.78, 5) is 19.3. The molecule has 2 aliphatic rings. The highest BCUT2D eigenvalue weighted by Crippen LogP contribution is 2.41. The standard InChI is InChI=1S/C25H29Cl2F3N4OS/c26-18-1-4-21(5-2-18)33-15-13-32(14-16-33)10-9-24(35)34-11-7-19(8-12-34)31-20-3-6-22(27)23(17-20)36-25(28,29)30/h1-6,17,19,31H,7-16H2. The van der Waals surface area contributed by atoms with Gasteiger partial charge in [0.2, 0.25) is 5.91 Å². The van der Waals surface area contributed by atoms with E-state index >= 15 is 0 Å². The van der Waals surface area contributed by atoms with Crippen LogP contribution in [0.3, 0.4) is 0 Å². The molecule has 0 atom stereocenters. The molecule has 2 aromatic rings. The van der Waals surface area contributed by atoms with Gasteiger partial charge in [0.25, 0.3) is 0 Å². The van der Waals surface area contributed by atoms with E-state index in [9.17, 15) is 18.0 Å². The van der Waals surface area contributed by atoms with Crippen LogP contribution in [0.25, 0.3) is 0 Å². The Morgan fingerprint density at radius 2 is 1.64 bits per heavy atom. The van der Waals surface area contributed by atoms with Gasteiger partial charge in [-0.05, 0) is 67.1 Å². The van der Waals surface area contributed by atoms with E-state index in [-0.39, 0.29) is 33.6 Å². The number of alkyl halides is 3. The molecular formula is C25H29Cl2F3N4OS. The third-order valence-electron chi connectivity index (χ3n) is 6.58. The average molecular weight is 562 g/mol. The van der Waals surface area contributed by atoms with Gasteiger partial charge in [-0.1, -0.05) is 23.2 Å². The van der Waals surface area contributed by atoms with Gasteiger partial charge >= 0.3 is 5.51 Å². The molecule has 2 aromatic carbocycles. The lowest BCUT2D eigenvalue weighted by Gasteiger charge is -2.37. The Labute approximate surface area is 223 Å². The number of carbonyl (C=O) groups excluding carboxylic acids is 1. The summed E-state index contributed by atoms with van der Waals surface area (Å²) < 4.78 is 38.2. The van der Waals surface area contributed by atoms with E-state index in [1.54, 1.807) is 6.07 Å². The zero-order valence-corrected chi connectivity index (χ0v) is 22.1. The highest BCUT2D eigenvalue weighted by molar-refractivity contribution is 8.00. The number of likely N-dealkylation sites (tertiary alicyclic amines) is 1. The van der Waals surface area contributed by atoms with Crippen LogP contribution in [0.5, 0.6) is 0 Å². The van der Waals surface area contributed by atoms with E-state index < -0.39 is 5.51 Å². The van der Waals surface area contributed by atoms with Gasteiger partial charge in [-0.2, -0.15) is 13.2 Å². The van der Waals surface area contributed by atoms with E-state index in [2.05, 4.69) is 15.1 Å². The van der Waals surface area contributed by atoms with Gasteiger partial charge < -0.3 is 15.1 Å². The number of hydrogen-bond acceptors (Lipinski definition) is 5. The minimum atomic E-state index is -4.39. The maximum atomic E-state index is 12.8. The Morgan fingerprint density at radius 3 is 2.28 bits per heavy atom. The Hall–Kier alpha value is -1.81. The molecule has 0 aromatic heterocycles. The van der Waals surface area contributed by atoms with Crippen molar-refractivity contribution in [2.45, 2.75) is 35.7 Å². The second-order valence-electron chi connectivity index (χ2n) is 9.05. The third kappa shape index (κ3) is 7.84. The number of piperidine rings is 1. The molecule has 0 saturated carbocycles. The fourth-order valence-corrected chi connectivity index (χ4v) is 5.56. The number of rotatable bonds is 7. The van der Waals surface area contributed by atoms with Crippen LogP contribution < -0.4 is 10.2 Å². The SMILES string of the molecule is O=C(CCN1CCN(c2ccc(Cl)cc2)CC1)N1CCC(Nc2ccc(Cl)c(SC(F)(F)F)c2)CC1. The van der Waals surface area contributed by atoms with Crippen LogP contribution in [0, 0.1) is 0 Å². The molecule has 0 aliphatic carbocycles. The molecule has 11 heteroatoms. The van der Waals surface area contributed by atoms with E-state index in [1.165, 1.54) is 17.8 Å². The summed E-state index contributed by atoms with van der Waals surface area (Å²) in [6.07, 6.45) is 1.99. The smallest absolute Gasteiger partial charge is 0.382 e. The molecule has 196 valence electrons. The van der Waals surface area contributed by atoms with Crippen LogP contribution in [0.4, 0.5) is 24.5 Å². The van der Waals surface area contributed by atoms with E-state index in [4.69, 9.17) is 23.2 Å². The number of amides is 1. The van der Waals surface area contributed by atoms with Crippen molar-refractivity contribution in [2.75, 3.05) is 56.0 Å². The number of carbonyl (C=O) groups is 1. The van der Waals surface area contributed by atoms with Gasteiger partial charge in [0.15, 0.2) is 0 Å². The number of nitrogens with zero attached hydrogens (tertiary/aromatic N) is 3. The highest BCUT2D eigenvalue weighted by atomic mass is 35.5. The zero-order valence-electron chi connectivity index (χ0n) is 19.7. The largest absolute Gasteiger partial charge is 0.446 e. The average Bonchev–Trinajstić information content (AvgIpc) is 2.85. The minimum absolute atomic E-state index is 0.0178. The maximum absolute atomic E-state index is 12.8. The second kappa shape index (κ2) is 12.2.